The lowest BCUT2D eigenvalue weighted by atomic mass is 9.68. The Bertz CT molecular complexity index is 4920. The Hall–Kier alpha value is -8.83. The van der Waals surface area contributed by atoms with E-state index in [0.29, 0.717) is 77.6 Å². The number of carbonyl (C=O) groups excluding carboxylic acids is 1. The molecule has 12 bridgehead atoms. The Balaban J connectivity index is 0.000000134. The fourth-order valence-electron chi connectivity index (χ4n) is 24.7. The Labute approximate surface area is 701 Å². The first-order valence-electron chi connectivity index (χ1n) is 45.1. The predicted molar refractivity (Wildman–Crippen MR) is 455 cm³/mol. The summed E-state index contributed by atoms with van der Waals surface area (Å²) in [5.74, 6) is 0.602. The number of hydrogen-bond acceptors (Lipinski definition) is 21. The fraction of sp³-hybridized carbons (Fsp3) is 0.663. The number of nitrogens with zero attached hydrogens (tertiary/aromatic N) is 12. The number of hydrogen-bond donors (Lipinski definition) is 4. The van der Waals surface area contributed by atoms with Gasteiger partial charge in [-0.25, -0.2) is 24.5 Å². The van der Waals surface area contributed by atoms with Gasteiger partial charge in [-0.2, -0.15) is 0 Å². The van der Waals surface area contributed by atoms with Crippen LogP contribution in [0.4, 0.5) is 0 Å². The van der Waals surface area contributed by atoms with Crippen molar-refractivity contribution in [2.45, 2.75) is 310 Å². The lowest BCUT2D eigenvalue weighted by Gasteiger charge is -2.55. The molecule has 6 saturated heterocycles. The molecule has 6 aromatic rings. The number of ether oxygens (including phenoxy) is 2. The highest BCUT2D eigenvalue weighted by atomic mass is 16.7. The SMILES string of the molecule is CC(C)(O/N=C(\C(=O)O)c1nc2ccccc2n(C2CC3CCCC(C2)N3C2CC3CCCC(C3)C2)c1=O)C(N)=O.CO/N=C(\CCC(=O)O)c1nc2ccccc2n(C2CC3COCC(C2)N3C2CC3CCCCC(C3)C2)c1=O.COCCO/N=C(\C(=O)O)c1nc2ccccc2n(C2CC3CCCC(C2)N3C2CC3CCCCC(C3)C2)c1=O. The molecule has 18 rings (SSSR count). The summed E-state index contributed by atoms with van der Waals surface area (Å²) in [6, 6.07) is 26.7. The van der Waals surface area contributed by atoms with E-state index in [1.807, 2.05) is 75.9 Å². The van der Waals surface area contributed by atoms with Gasteiger partial charge in [-0.15, -0.1) is 0 Å². The molecule has 12 atom stereocenters. The molecule has 6 aliphatic carbocycles. The number of aromatic nitrogens is 6. The third-order valence-electron chi connectivity index (χ3n) is 29.5. The van der Waals surface area contributed by atoms with Gasteiger partial charge in [-0.3, -0.25) is 38.7 Å². The molecule has 28 heteroatoms. The number of benzene rings is 3. The number of carboxylic acids is 3. The molecule has 12 aliphatic rings. The molecule has 5 N–H and O–H groups in total. The minimum Gasteiger partial charge on any atom is -0.481 e. The van der Waals surface area contributed by atoms with E-state index >= 15 is 0 Å². The number of fused-ring (bicyclic) bond motifs is 15. The zero-order valence-corrected chi connectivity index (χ0v) is 70.4. The highest BCUT2D eigenvalue weighted by molar-refractivity contribution is 6.42. The number of primary amides is 1. The van der Waals surface area contributed by atoms with Crippen LogP contribution in [0.15, 0.2) is 103 Å². The Morgan fingerprint density at radius 3 is 1.15 bits per heavy atom. The predicted octanol–water partition coefficient (Wildman–Crippen LogP) is 13.1. The van der Waals surface area contributed by atoms with Crippen LogP contribution in [0.2, 0.25) is 0 Å². The Morgan fingerprint density at radius 2 is 0.775 bits per heavy atom. The molecule has 3 aromatic carbocycles. The van der Waals surface area contributed by atoms with Gasteiger partial charge in [0, 0.05) is 86.0 Å². The third kappa shape index (κ3) is 18.3. The molecule has 9 heterocycles. The molecule has 6 saturated carbocycles. The van der Waals surface area contributed by atoms with Crippen LogP contribution in [0, 0.1) is 35.5 Å². The topological polar surface area (TPSA) is 353 Å². The lowest BCUT2D eigenvalue weighted by molar-refractivity contribution is -0.140. The molecule has 12 fully saturated rings. The van der Waals surface area contributed by atoms with Crippen molar-refractivity contribution in [2.24, 2.45) is 56.7 Å². The minimum atomic E-state index is -1.56. The van der Waals surface area contributed by atoms with Crippen LogP contribution in [-0.2, 0) is 43.2 Å². The largest absolute Gasteiger partial charge is 0.481 e. The number of nitrogens with two attached hydrogens (primary N) is 1. The molecule has 28 nitrogen and oxygen atoms in total. The van der Waals surface area contributed by atoms with E-state index in [-0.39, 0.29) is 84.6 Å². The van der Waals surface area contributed by atoms with E-state index < -0.39 is 52.0 Å². The molecule has 120 heavy (non-hydrogen) atoms. The van der Waals surface area contributed by atoms with Crippen LogP contribution < -0.4 is 22.4 Å². The zero-order chi connectivity index (χ0) is 83.5. The molecule has 3 aromatic heterocycles. The maximum absolute atomic E-state index is 14.1. The molecular weight excluding hydrogens is 1530 g/mol. The summed E-state index contributed by atoms with van der Waals surface area (Å²) < 4.78 is 16.5. The summed E-state index contributed by atoms with van der Waals surface area (Å²) in [5.41, 5.74) is 5.58. The number of aliphatic carboxylic acids is 3. The first-order chi connectivity index (χ1) is 58.2. The van der Waals surface area contributed by atoms with Crippen LogP contribution in [0.1, 0.15) is 267 Å². The van der Waals surface area contributed by atoms with Crippen molar-refractivity contribution in [2.75, 3.05) is 40.6 Å². The summed E-state index contributed by atoms with van der Waals surface area (Å²) in [6.07, 6.45) is 39.5. The van der Waals surface area contributed by atoms with E-state index in [1.165, 1.54) is 182 Å². The third-order valence-corrected chi connectivity index (χ3v) is 29.5. The van der Waals surface area contributed by atoms with Crippen molar-refractivity contribution >= 4 is 74.1 Å². The number of para-hydroxylation sites is 6. The molecule has 12 unspecified atom stereocenters. The normalized spacial score (nSPS) is 31.1. The molecular formula is C92H123N13O15. The molecule has 0 spiro atoms. The van der Waals surface area contributed by atoms with E-state index in [9.17, 15) is 48.9 Å². The van der Waals surface area contributed by atoms with Gasteiger partial charge in [-0.1, -0.05) is 135 Å². The van der Waals surface area contributed by atoms with Gasteiger partial charge in [0.1, 0.15) is 19.4 Å². The number of morpholine rings is 1. The Kier molecular flexibility index (Phi) is 26.5. The highest BCUT2D eigenvalue weighted by Crippen LogP contribution is 2.51. The number of oxime groups is 3. The highest BCUT2D eigenvalue weighted by Gasteiger charge is 2.50. The number of amides is 1. The second-order valence-electron chi connectivity index (χ2n) is 37.6. The van der Waals surface area contributed by atoms with Crippen LogP contribution in [0.5, 0.6) is 0 Å². The zero-order valence-electron chi connectivity index (χ0n) is 70.4. The number of carbonyl (C=O) groups is 4. The van der Waals surface area contributed by atoms with Crippen molar-refractivity contribution in [1.82, 2.24) is 43.4 Å². The maximum Gasteiger partial charge on any atom is 0.360 e. The molecule has 0 radical (unpaired) electrons. The fourth-order valence-corrected chi connectivity index (χ4v) is 24.7. The van der Waals surface area contributed by atoms with E-state index in [4.69, 9.17) is 29.7 Å². The monoisotopic (exact) mass is 1650 g/mol. The summed E-state index contributed by atoms with van der Waals surface area (Å²) in [4.78, 5) is 127. The maximum atomic E-state index is 14.1. The van der Waals surface area contributed by atoms with Crippen molar-refractivity contribution in [3.05, 3.63) is 121 Å². The van der Waals surface area contributed by atoms with Crippen LogP contribution in [0.25, 0.3) is 33.1 Å². The first kappa shape index (κ1) is 84.8. The van der Waals surface area contributed by atoms with Crippen LogP contribution in [0.3, 0.4) is 0 Å². The number of rotatable bonds is 22. The lowest BCUT2D eigenvalue weighted by Crippen LogP contribution is -2.62. The Morgan fingerprint density at radius 1 is 0.425 bits per heavy atom. The second kappa shape index (κ2) is 37.5. The van der Waals surface area contributed by atoms with Gasteiger partial charge in [0.15, 0.2) is 17.1 Å². The number of carboxylic acid groups (broad SMARTS) is 3. The molecule has 6 aliphatic heterocycles. The van der Waals surface area contributed by atoms with E-state index in [0.717, 1.165) is 97.9 Å². The average molecular weight is 1650 g/mol. The van der Waals surface area contributed by atoms with Gasteiger partial charge in [-0.05, 0) is 208 Å². The summed E-state index contributed by atoms with van der Waals surface area (Å²) >= 11 is 0. The minimum absolute atomic E-state index is 0.00781. The van der Waals surface area contributed by atoms with Crippen molar-refractivity contribution in [3.63, 3.8) is 0 Å². The van der Waals surface area contributed by atoms with E-state index in [2.05, 4.69) is 45.1 Å². The van der Waals surface area contributed by atoms with Crippen LogP contribution in [-0.4, -0.2) is 200 Å². The van der Waals surface area contributed by atoms with Gasteiger partial charge in [0.05, 0.1) is 59.3 Å². The standard InChI is InChI=1S/C31H41N5O5.C31H42N4O5.C30H40N4O5/c1-31(2,30(32)40)41-34-27(29(38)39)26-28(37)36(25-12-4-3-11-24(25)33-26)23-16-20-9-6-10-21(17-23)35(20)22-14-18-7-5-8-19(13-18)15-22;1-39-13-14-40-33-29(31(37)38)28-30(36)35(27-12-5-4-11-26(27)32-28)25-18-22-9-6-10-23(19-25)34(22)24-16-20-7-2-3-8-21(15-20)17-24;1-38-32-26(10-11-28(35)36)29-30(37)34(27-9-5-4-8-25(27)31-29)22-15-23-17-39-18-24(16-22)33(23)21-13-19-6-2-3-7-20(12-19)14-21/h3-4,11-12,18-23H,5-10,13-17H2,1-2H3,(H2,32,40)(H,38,39);4-5,11-12,20-25H,2-3,6-10,13-19H2,1H3,(H,37,38);4-5,8-9,19-24H,2-3,6-7,10-18H2,1H3,(H,35,36)/b34-27-;33-29-;32-26+. The molecule has 646 valence electrons. The van der Waals surface area contributed by atoms with Crippen molar-refractivity contribution < 1.29 is 58.5 Å². The quantitative estimate of drug-likeness (QED) is 0.0279. The average Bonchev–Trinajstić information content (AvgIpc) is 0.761. The van der Waals surface area contributed by atoms with Gasteiger partial charge in [0.25, 0.3) is 22.6 Å². The molecule has 1 amide bonds. The number of methoxy groups -OCH3 is 1. The summed E-state index contributed by atoms with van der Waals surface area (Å²) in [7, 11) is 2.93. The second-order valence-corrected chi connectivity index (χ2v) is 37.6. The van der Waals surface area contributed by atoms with Gasteiger partial charge in [0.2, 0.25) is 17.0 Å². The van der Waals surface area contributed by atoms with E-state index in [1.54, 1.807) is 10.6 Å². The van der Waals surface area contributed by atoms with Crippen LogP contribution >= 0.6 is 0 Å². The number of piperidine rings is 5. The first-order valence-corrected chi connectivity index (χ1v) is 45.1. The van der Waals surface area contributed by atoms with Crippen molar-refractivity contribution in [3.8, 4) is 0 Å². The van der Waals surface area contributed by atoms with Gasteiger partial charge >= 0.3 is 17.9 Å². The smallest absolute Gasteiger partial charge is 0.360 e. The van der Waals surface area contributed by atoms with Gasteiger partial charge < -0.3 is 58.7 Å². The summed E-state index contributed by atoms with van der Waals surface area (Å²) in [6.45, 7) is 4.53. The summed E-state index contributed by atoms with van der Waals surface area (Å²) in [5, 5.41) is 40.8. The van der Waals surface area contributed by atoms with Crippen molar-refractivity contribution in [1.29, 1.82) is 0 Å².